The first-order chi connectivity index (χ1) is 16.1. The fourth-order valence-corrected chi connectivity index (χ4v) is 4.85. The third-order valence-electron chi connectivity index (χ3n) is 6.34. The Bertz CT molecular complexity index is 1050. The number of amides is 2. The third-order valence-corrected chi connectivity index (χ3v) is 6.34. The van der Waals surface area contributed by atoms with E-state index in [1.807, 2.05) is 36.4 Å². The van der Waals surface area contributed by atoms with Gasteiger partial charge in [0.1, 0.15) is 5.84 Å². The van der Waals surface area contributed by atoms with E-state index >= 15 is 0 Å². The van der Waals surface area contributed by atoms with Crippen LogP contribution in [0.1, 0.15) is 52.1 Å². The van der Waals surface area contributed by atoms with Gasteiger partial charge in [0.05, 0.1) is 5.41 Å². The minimum absolute atomic E-state index is 0.0986. The summed E-state index contributed by atoms with van der Waals surface area (Å²) in [6.45, 7) is 4.95. The van der Waals surface area contributed by atoms with Crippen molar-refractivity contribution in [1.82, 2.24) is 20.7 Å². The number of nitrogens with two attached hydrogens (primary N) is 2. The van der Waals surface area contributed by atoms with Gasteiger partial charge in [-0.25, -0.2) is 11.4 Å². The summed E-state index contributed by atoms with van der Waals surface area (Å²) >= 11 is 0. The highest BCUT2D eigenvalue weighted by Gasteiger charge is 2.48. The number of rotatable bonds is 8. The molecule has 9 nitrogen and oxygen atoms in total. The van der Waals surface area contributed by atoms with E-state index in [4.69, 9.17) is 11.6 Å². The lowest BCUT2D eigenvalue weighted by atomic mass is 9.72. The van der Waals surface area contributed by atoms with Gasteiger partial charge in [-0.15, -0.1) is 0 Å². The molecule has 182 valence electrons. The Morgan fingerprint density at radius 1 is 0.971 bits per heavy atom. The van der Waals surface area contributed by atoms with Gasteiger partial charge < -0.3 is 20.9 Å². The average molecular weight is 466 g/mol. The van der Waals surface area contributed by atoms with Crippen LogP contribution in [0.2, 0.25) is 0 Å². The molecule has 0 aromatic heterocycles. The van der Waals surface area contributed by atoms with Gasteiger partial charge in [0.2, 0.25) is 0 Å². The maximum atomic E-state index is 12.8. The highest BCUT2D eigenvalue weighted by molar-refractivity contribution is 6.06. The average Bonchev–Trinajstić information content (AvgIpc) is 3.07. The Morgan fingerprint density at radius 2 is 1.44 bits per heavy atom. The largest absolute Gasteiger partial charge is 0.385 e. The van der Waals surface area contributed by atoms with Crippen LogP contribution in [-0.4, -0.2) is 68.2 Å². The molecular formula is C25H35N7O2. The molecule has 2 aromatic rings. The molecule has 9 heteroatoms. The van der Waals surface area contributed by atoms with Crippen LogP contribution in [0.3, 0.4) is 0 Å². The van der Waals surface area contributed by atoms with Crippen molar-refractivity contribution in [3.05, 3.63) is 58.7 Å². The molecular weight excluding hydrogens is 430 g/mol. The summed E-state index contributed by atoms with van der Waals surface area (Å²) in [5.74, 6) is 5.66. The van der Waals surface area contributed by atoms with Gasteiger partial charge in [0.15, 0.2) is 0 Å². The third kappa shape index (κ3) is 4.24. The topological polar surface area (TPSA) is 129 Å². The molecule has 0 spiro atoms. The summed E-state index contributed by atoms with van der Waals surface area (Å²) < 4.78 is 0. The predicted molar refractivity (Wildman–Crippen MR) is 135 cm³/mol. The normalized spacial score (nSPS) is 14.7. The lowest BCUT2D eigenvalue weighted by Crippen LogP contribution is -2.47. The van der Waals surface area contributed by atoms with E-state index in [1.165, 1.54) is 9.80 Å². The van der Waals surface area contributed by atoms with E-state index in [9.17, 15) is 9.59 Å². The smallest absolute Gasteiger partial charge is 0.253 e. The second-order valence-electron chi connectivity index (χ2n) is 9.11. The van der Waals surface area contributed by atoms with E-state index in [0.29, 0.717) is 23.4 Å². The van der Waals surface area contributed by atoms with Crippen LogP contribution >= 0.6 is 0 Å². The van der Waals surface area contributed by atoms with Crippen molar-refractivity contribution < 1.29 is 9.59 Å². The van der Waals surface area contributed by atoms with E-state index in [0.717, 1.165) is 28.8 Å². The first-order valence-electron chi connectivity index (χ1n) is 11.3. The number of carbonyl (C=O) groups is 2. The minimum Gasteiger partial charge on any atom is -0.385 e. The van der Waals surface area contributed by atoms with Crippen molar-refractivity contribution in [3.63, 3.8) is 0 Å². The van der Waals surface area contributed by atoms with E-state index in [2.05, 4.69) is 29.8 Å². The van der Waals surface area contributed by atoms with Crippen molar-refractivity contribution in [2.75, 3.05) is 34.7 Å². The monoisotopic (exact) mass is 465 g/mol. The molecule has 2 aromatic carbocycles. The van der Waals surface area contributed by atoms with Crippen molar-refractivity contribution >= 4 is 17.6 Å². The molecule has 0 fully saturated rings. The predicted octanol–water partition coefficient (Wildman–Crippen LogP) is 1.48. The second kappa shape index (κ2) is 9.82. The van der Waals surface area contributed by atoms with E-state index < -0.39 is 5.41 Å². The molecule has 0 radical (unpaired) electrons. The number of hydrogen-bond donors (Lipinski definition) is 4. The van der Waals surface area contributed by atoms with Gasteiger partial charge in [-0.2, -0.15) is 5.10 Å². The number of nitrogens with zero attached hydrogens (tertiary/aromatic N) is 3. The summed E-state index contributed by atoms with van der Waals surface area (Å²) in [5, 5.41) is 7.67. The molecule has 1 atom stereocenters. The van der Waals surface area contributed by atoms with E-state index in [1.54, 1.807) is 28.2 Å². The summed E-state index contributed by atoms with van der Waals surface area (Å²) in [7, 11) is 6.88. The molecule has 0 aliphatic heterocycles. The summed E-state index contributed by atoms with van der Waals surface area (Å²) in [4.78, 5) is 28.6. The molecule has 0 bridgehead atoms. The molecule has 0 saturated heterocycles. The van der Waals surface area contributed by atoms with Crippen molar-refractivity contribution in [3.8, 4) is 11.1 Å². The fourth-order valence-electron chi connectivity index (χ4n) is 4.85. The van der Waals surface area contributed by atoms with E-state index in [-0.39, 0.29) is 17.9 Å². The van der Waals surface area contributed by atoms with Gasteiger partial charge in [-0.1, -0.05) is 19.1 Å². The van der Waals surface area contributed by atoms with Crippen LogP contribution in [0.5, 0.6) is 0 Å². The first kappa shape index (κ1) is 25.2. The Kier molecular flexibility index (Phi) is 7.28. The zero-order valence-electron chi connectivity index (χ0n) is 20.8. The number of hydrazine groups is 1. The van der Waals surface area contributed by atoms with Gasteiger partial charge >= 0.3 is 0 Å². The maximum absolute atomic E-state index is 12.8. The van der Waals surface area contributed by atoms with Gasteiger partial charge in [0.25, 0.3) is 11.8 Å². The van der Waals surface area contributed by atoms with Crippen LogP contribution < -0.4 is 22.4 Å². The van der Waals surface area contributed by atoms with Crippen LogP contribution in [0.25, 0.3) is 11.1 Å². The van der Waals surface area contributed by atoms with Gasteiger partial charge in [-0.05, 0) is 66.4 Å². The summed E-state index contributed by atoms with van der Waals surface area (Å²) in [6, 6.07) is 11.4. The quantitative estimate of drug-likeness (QED) is 0.202. The number of amidine groups is 1. The van der Waals surface area contributed by atoms with Crippen molar-refractivity contribution in [2.24, 2.45) is 16.7 Å². The fraction of sp³-hybridized carbons (Fsp3) is 0.400. The molecule has 1 aliphatic rings. The standard InChI is InChI=1S/C25H35N7O2/c1-7-28-15(2)14-25(24(26)29-30-27)20-10-8-16(22(33)31(3)4)12-18(20)19-13-17(9-11-21(19)25)23(34)32(5)6/h8-13,15,28,30H,7,14,27H2,1-6H3,(H2,26,29)/t15-/m1/s1. The summed E-state index contributed by atoms with van der Waals surface area (Å²) in [6.07, 6.45) is 0.611. The Morgan fingerprint density at radius 3 is 1.82 bits per heavy atom. The number of nitrogens with one attached hydrogen (secondary N) is 2. The maximum Gasteiger partial charge on any atom is 0.253 e. The molecule has 6 N–H and O–H groups in total. The lowest BCUT2D eigenvalue weighted by molar-refractivity contribution is 0.0820. The van der Waals surface area contributed by atoms with Crippen LogP contribution in [-0.2, 0) is 5.41 Å². The number of hydrogen-bond acceptors (Lipinski definition) is 6. The minimum atomic E-state index is -0.794. The number of hydrazone groups is 1. The summed E-state index contributed by atoms with van der Waals surface area (Å²) in [5.41, 5.74) is 12.8. The van der Waals surface area contributed by atoms with Crippen LogP contribution in [0, 0.1) is 0 Å². The van der Waals surface area contributed by atoms with Crippen molar-refractivity contribution in [2.45, 2.75) is 31.7 Å². The first-order valence-corrected chi connectivity index (χ1v) is 11.3. The number of benzene rings is 2. The molecule has 1 aliphatic carbocycles. The zero-order valence-corrected chi connectivity index (χ0v) is 20.8. The number of carbonyl (C=O) groups excluding carboxylic acids is 2. The SMILES string of the molecule is CCN[C@H](C)CC1(/C(N)=N/NN)c2ccc(C(=O)N(C)C)cc2-c2cc(C(=O)N(C)C)ccc21. The highest BCUT2D eigenvalue weighted by atomic mass is 16.2. The molecule has 0 unspecified atom stereocenters. The lowest BCUT2D eigenvalue weighted by Gasteiger charge is -2.34. The molecule has 3 rings (SSSR count). The van der Waals surface area contributed by atoms with Crippen molar-refractivity contribution in [1.29, 1.82) is 0 Å². The molecule has 0 saturated carbocycles. The Labute approximate surface area is 201 Å². The van der Waals surface area contributed by atoms with Gasteiger partial charge in [-0.3, -0.25) is 9.59 Å². The highest BCUT2D eigenvalue weighted by Crippen LogP contribution is 2.52. The number of fused-ring (bicyclic) bond motifs is 3. The molecule has 0 heterocycles. The zero-order chi connectivity index (χ0) is 25.2. The second-order valence-corrected chi connectivity index (χ2v) is 9.11. The van der Waals surface area contributed by atoms with Crippen LogP contribution in [0.4, 0.5) is 0 Å². The molecule has 2 amide bonds. The Balaban J connectivity index is 2.36. The Hall–Kier alpha value is -3.43. The molecule has 34 heavy (non-hydrogen) atoms. The van der Waals surface area contributed by atoms with Gasteiger partial charge in [0, 0.05) is 45.4 Å². The van der Waals surface area contributed by atoms with Crippen LogP contribution in [0.15, 0.2) is 41.5 Å².